The minimum Gasteiger partial charge on any atom is -0.478 e. The highest BCUT2D eigenvalue weighted by Crippen LogP contribution is 2.39. The molecule has 2 N–H and O–H groups in total. The molecule has 6 heteroatoms. The van der Waals surface area contributed by atoms with Gasteiger partial charge in [0.2, 0.25) is 0 Å². The quantitative estimate of drug-likeness (QED) is 0.629. The van der Waals surface area contributed by atoms with Crippen LogP contribution < -0.4 is 5.32 Å². The van der Waals surface area contributed by atoms with Crippen LogP contribution in [0.15, 0.2) is 18.2 Å². The molecule has 2 rings (SSSR count). The molecule has 0 aliphatic heterocycles. The van der Waals surface area contributed by atoms with E-state index in [-0.39, 0.29) is 16.8 Å². The van der Waals surface area contributed by atoms with Gasteiger partial charge in [0.15, 0.2) is 0 Å². The van der Waals surface area contributed by atoms with Gasteiger partial charge in [-0.1, -0.05) is 6.92 Å². The molecule has 1 aromatic carbocycles. The van der Waals surface area contributed by atoms with E-state index in [2.05, 4.69) is 12.2 Å². The number of nitro benzene ring substituents is 1. The van der Waals surface area contributed by atoms with Gasteiger partial charge in [0, 0.05) is 23.4 Å². The van der Waals surface area contributed by atoms with E-state index in [0.717, 1.165) is 31.7 Å². The SMILES string of the molecule is CCC1(Nc2ccc([N+](=O)[O-])cc2C(=O)O)CCC1. The number of aromatic carboxylic acids is 1. The predicted octanol–water partition coefficient (Wildman–Crippen LogP) is 3.04. The van der Waals surface area contributed by atoms with Crippen molar-refractivity contribution in [1.29, 1.82) is 0 Å². The lowest BCUT2D eigenvalue weighted by molar-refractivity contribution is -0.384. The van der Waals surface area contributed by atoms with E-state index in [1.807, 2.05) is 0 Å². The molecule has 0 aromatic heterocycles. The maximum atomic E-state index is 11.2. The Morgan fingerprint density at radius 1 is 1.53 bits per heavy atom. The van der Waals surface area contributed by atoms with E-state index in [0.29, 0.717) is 5.69 Å². The van der Waals surface area contributed by atoms with E-state index in [4.69, 9.17) is 5.11 Å². The van der Waals surface area contributed by atoms with Gasteiger partial charge in [-0.15, -0.1) is 0 Å². The van der Waals surface area contributed by atoms with Crippen molar-refractivity contribution in [2.45, 2.75) is 38.1 Å². The molecule has 0 atom stereocenters. The number of hydrogen-bond acceptors (Lipinski definition) is 4. The van der Waals surface area contributed by atoms with Crippen LogP contribution in [0, 0.1) is 10.1 Å². The molecule has 1 aliphatic rings. The largest absolute Gasteiger partial charge is 0.478 e. The van der Waals surface area contributed by atoms with Gasteiger partial charge < -0.3 is 10.4 Å². The van der Waals surface area contributed by atoms with Crippen LogP contribution in [0.2, 0.25) is 0 Å². The molecular weight excluding hydrogens is 248 g/mol. The van der Waals surface area contributed by atoms with Crippen molar-refractivity contribution < 1.29 is 14.8 Å². The number of anilines is 1. The van der Waals surface area contributed by atoms with Gasteiger partial charge >= 0.3 is 5.97 Å². The summed E-state index contributed by atoms with van der Waals surface area (Å²) in [7, 11) is 0. The minimum atomic E-state index is -1.16. The molecule has 0 saturated heterocycles. The number of non-ortho nitro benzene ring substituents is 1. The summed E-state index contributed by atoms with van der Waals surface area (Å²) in [5, 5.41) is 23.1. The first-order valence-electron chi connectivity index (χ1n) is 6.27. The van der Waals surface area contributed by atoms with Crippen LogP contribution in [0.4, 0.5) is 11.4 Å². The number of carbonyl (C=O) groups is 1. The first-order chi connectivity index (χ1) is 8.97. The molecule has 1 aliphatic carbocycles. The van der Waals surface area contributed by atoms with Crippen LogP contribution in [-0.4, -0.2) is 21.5 Å². The Hall–Kier alpha value is -2.11. The van der Waals surface area contributed by atoms with E-state index in [1.54, 1.807) is 0 Å². The molecule has 0 bridgehead atoms. The lowest BCUT2D eigenvalue weighted by Gasteiger charge is -2.43. The summed E-state index contributed by atoms with van der Waals surface area (Å²) in [6, 6.07) is 3.92. The van der Waals surface area contributed by atoms with E-state index < -0.39 is 10.9 Å². The molecule has 0 radical (unpaired) electrons. The Labute approximate surface area is 110 Å². The zero-order valence-electron chi connectivity index (χ0n) is 10.7. The van der Waals surface area contributed by atoms with Gasteiger partial charge in [-0.25, -0.2) is 4.79 Å². The van der Waals surface area contributed by atoms with Crippen LogP contribution in [0.25, 0.3) is 0 Å². The Bertz CT molecular complexity index is 518. The number of carboxylic acids is 1. The molecule has 0 amide bonds. The monoisotopic (exact) mass is 264 g/mol. The van der Waals surface area contributed by atoms with E-state index in [1.165, 1.54) is 12.1 Å². The third-order valence-electron chi connectivity index (χ3n) is 3.83. The van der Waals surface area contributed by atoms with Crippen molar-refractivity contribution in [2.75, 3.05) is 5.32 Å². The van der Waals surface area contributed by atoms with Gasteiger partial charge in [-0.2, -0.15) is 0 Å². The predicted molar refractivity (Wildman–Crippen MR) is 70.6 cm³/mol. The third-order valence-corrected chi connectivity index (χ3v) is 3.83. The second kappa shape index (κ2) is 4.87. The van der Waals surface area contributed by atoms with Crippen LogP contribution in [0.1, 0.15) is 43.0 Å². The number of benzene rings is 1. The molecule has 6 nitrogen and oxygen atoms in total. The number of rotatable bonds is 5. The van der Waals surface area contributed by atoms with Gasteiger partial charge in [0.05, 0.1) is 10.5 Å². The summed E-state index contributed by atoms with van der Waals surface area (Å²) in [6.45, 7) is 2.05. The van der Waals surface area contributed by atoms with Crippen molar-refractivity contribution in [1.82, 2.24) is 0 Å². The number of carboxylic acid groups (broad SMARTS) is 1. The van der Waals surface area contributed by atoms with Crippen LogP contribution in [0.5, 0.6) is 0 Å². The molecule has 0 heterocycles. The van der Waals surface area contributed by atoms with Gasteiger partial charge in [-0.3, -0.25) is 10.1 Å². The van der Waals surface area contributed by atoms with Crippen molar-refractivity contribution in [3.8, 4) is 0 Å². The van der Waals surface area contributed by atoms with Crippen molar-refractivity contribution >= 4 is 17.3 Å². The normalized spacial score (nSPS) is 16.5. The highest BCUT2D eigenvalue weighted by molar-refractivity contribution is 5.95. The Balaban J connectivity index is 2.34. The average molecular weight is 264 g/mol. The third kappa shape index (κ3) is 2.52. The summed E-state index contributed by atoms with van der Waals surface area (Å²) in [5.41, 5.74) is 0.149. The lowest BCUT2D eigenvalue weighted by Crippen LogP contribution is -2.44. The Morgan fingerprint density at radius 3 is 2.63 bits per heavy atom. The fourth-order valence-corrected chi connectivity index (χ4v) is 2.39. The molecule has 102 valence electrons. The zero-order chi connectivity index (χ0) is 14.0. The molecular formula is C13H16N2O4. The maximum Gasteiger partial charge on any atom is 0.338 e. The first-order valence-corrected chi connectivity index (χ1v) is 6.27. The molecule has 1 aromatic rings. The summed E-state index contributed by atoms with van der Waals surface area (Å²) in [4.78, 5) is 21.3. The van der Waals surface area contributed by atoms with Gasteiger partial charge in [-0.05, 0) is 31.7 Å². The van der Waals surface area contributed by atoms with Crippen LogP contribution in [-0.2, 0) is 0 Å². The smallest absolute Gasteiger partial charge is 0.338 e. The van der Waals surface area contributed by atoms with E-state index >= 15 is 0 Å². The minimum absolute atomic E-state index is 0.0473. The summed E-state index contributed by atoms with van der Waals surface area (Å²) in [5.74, 6) is -1.16. The molecule has 0 spiro atoms. The lowest BCUT2D eigenvalue weighted by atomic mass is 9.74. The first kappa shape index (κ1) is 13.3. The van der Waals surface area contributed by atoms with Crippen molar-refractivity contribution in [2.24, 2.45) is 0 Å². The van der Waals surface area contributed by atoms with Crippen molar-refractivity contribution in [3.63, 3.8) is 0 Å². The Kier molecular flexibility index (Phi) is 3.42. The Morgan fingerprint density at radius 2 is 2.21 bits per heavy atom. The van der Waals surface area contributed by atoms with Crippen molar-refractivity contribution in [3.05, 3.63) is 33.9 Å². The topological polar surface area (TPSA) is 92.5 Å². The maximum absolute atomic E-state index is 11.2. The standard InChI is InChI=1S/C13H16N2O4/c1-2-13(6-3-7-13)14-11-5-4-9(15(18)19)8-10(11)12(16)17/h4-5,8,14H,2-3,6-7H2,1H3,(H,16,17). The van der Waals surface area contributed by atoms with E-state index in [9.17, 15) is 14.9 Å². The van der Waals surface area contributed by atoms with Gasteiger partial charge in [0.1, 0.15) is 0 Å². The number of nitrogens with one attached hydrogen (secondary N) is 1. The second-order valence-electron chi connectivity index (χ2n) is 4.90. The zero-order valence-corrected chi connectivity index (χ0v) is 10.7. The summed E-state index contributed by atoms with van der Waals surface area (Å²) in [6.07, 6.45) is 4.03. The fraction of sp³-hybridized carbons (Fsp3) is 0.462. The highest BCUT2D eigenvalue weighted by atomic mass is 16.6. The second-order valence-corrected chi connectivity index (χ2v) is 4.90. The number of nitro groups is 1. The van der Waals surface area contributed by atoms with Gasteiger partial charge in [0.25, 0.3) is 5.69 Å². The molecule has 0 unspecified atom stereocenters. The number of nitrogens with zero attached hydrogens (tertiary/aromatic N) is 1. The number of hydrogen-bond donors (Lipinski definition) is 2. The summed E-state index contributed by atoms with van der Waals surface area (Å²) >= 11 is 0. The van der Waals surface area contributed by atoms with Crippen LogP contribution >= 0.6 is 0 Å². The van der Waals surface area contributed by atoms with Crippen LogP contribution in [0.3, 0.4) is 0 Å². The summed E-state index contributed by atoms with van der Waals surface area (Å²) < 4.78 is 0. The fourth-order valence-electron chi connectivity index (χ4n) is 2.39. The average Bonchev–Trinajstić information content (AvgIpc) is 2.33. The highest BCUT2D eigenvalue weighted by Gasteiger charge is 2.35. The molecule has 19 heavy (non-hydrogen) atoms. The molecule has 1 saturated carbocycles. The molecule has 1 fully saturated rings.